The molecule has 3 aromatic rings. The first-order chi connectivity index (χ1) is 16.1. The SMILES string of the molecule is O=C(CN1C(=O)NC(Cc2ccccc2)C1=O)NCCC(c1ccccc1)c1ccccc1. The standard InChI is InChI=1S/C27H27N3O3/c31-25(19-30-26(32)24(29-27(30)33)18-20-10-4-1-5-11-20)28-17-16-23(21-12-6-2-7-13-21)22-14-8-3-9-15-22/h1-15,23-24H,16-19H2,(H,28,31)(H,29,33). The highest BCUT2D eigenvalue weighted by Crippen LogP contribution is 2.27. The van der Waals surface area contributed by atoms with Crippen LogP contribution in [0, 0.1) is 0 Å². The van der Waals surface area contributed by atoms with Gasteiger partial charge in [-0.05, 0) is 23.1 Å². The molecule has 1 aliphatic rings. The van der Waals surface area contributed by atoms with Gasteiger partial charge in [0.25, 0.3) is 5.91 Å². The third-order valence-electron chi connectivity index (χ3n) is 5.85. The number of carbonyl (C=O) groups is 3. The molecule has 168 valence electrons. The molecule has 6 nitrogen and oxygen atoms in total. The molecule has 1 aliphatic heterocycles. The van der Waals surface area contributed by atoms with E-state index in [1.165, 1.54) is 11.1 Å². The molecule has 0 radical (unpaired) electrons. The Morgan fingerprint density at radius 3 is 1.97 bits per heavy atom. The van der Waals surface area contributed by atoms with Gasteiger partial charge in [0.15, 0.2) is 0 Å². The van der Waals surface area contributed by atoms with Crippen LogP contribution in [0.3, 0.4) is 0 Å². The zero-order valence-electron chi connectivity index (χ0n) is 18.3. The van der Waals surface area contributed by atoms with Crippen LogP contribution in [0.4, 0.5) is 4.79 Å². The molecular weight excluding hydrogens is 414 g/mol. The topological polar surface area (TPSA) is 78.5 Å². The van der Waals surface area contributed by atoms with Gasteiger partial charge < -0.3 is 10.6 Å². The molecule has 6 heteroatoms. The average molecular weight is 442 g/mol. The van der Waals surface area contributed by atoms with Crippen LogP contribution in [-0.4, -0.2) is 41.9 Å². The summed E-state index contributed by atoms with van der Waals surface area (Å²) in [5.74, 6) is -0.580. The van der Waals surface area contributed by atoms with Gasteiger partial charge in [-0.25, -0.2) is 4.79 Å². The molecule has 1 atom stereocenters. The summed E-state index contributed by atoms with van der Waals surface area (Å²) in [4.78, 5) is 38.5. The minimum Gasteiger partial charge on any atom is -0.355 e. The van der Waals surface area contributed by atoms with Crippen LogP contribution in [0.1, 0.15) is 29.0 Å². The predicted octanol–water partition coefficient (Wildman–Crippen LogP) is 3.49. The number of hydrogen-bond acceptors (Lipinski definition) is 3. The minimum atomic E-state index is -0.645. The molecule has 33 heavy (non-hydrogen) atoms. The number of nitrogens with zero attached hydrogens (tertiary/aromatic N) is 1. The van der Waals surface area contributed by atoms with Crippen molar-refractivity contribution in [1.82, 2.24) is 15.5 Å². The van der Waals surface area contributed by atoms with Gasteiger partial charge in [-0.1, -0.05) is 91.0 Å². The van der Waals surface area contributed by atoms with Gasteiger partial charge in [0.1, 0.15) is 12.6 Å². The molecule has 1 unspecified atom stereocenters. The monoisotopic (exact) mass is 441 g/mol. The van der Waals surface area contributed by atoms with E-state index in [2.05, 4.69) is 34.9 Å². The lowest BCUT2D eigenvalue weighted by atomic mass is 9.88. The summed E-state index contributed by atoms with van der Waals surface area (Å²) >= 11 is 0. The molecule has 0 bridgehead atoms. The van der Waals surface area contributed by atoms with Crippen molar-refractivity contribution in [3.63, 3.8) is 0 Å². The Kier molecular flexibility index (Phi) is 7.15. The molecule has 0 spiro atoms. The van der Waals surface area contributed by atoms with Gasteiger partial charge >= 0.3 is 6.03 Å². The van der Waals surface area contributed by atoms with E-state index in [1.54, 1.807) is 0 Å². The molecule has 4 amide bonds. The minimum absolute atomic E-state index is 0.139. The van der Waals surface area contributed by atoms with Gasteiger partial charge in [-0.15, -0.1) is 0 Å². The summed E-state index contributed by atoms with van der Waals surface area (Å²) in [6.45, 7) is 0.154. The zero-order chi connectivity index (χ0) is 23.0. The molecule has 1 heterocycles. The molecule has 0 aromatic heterocycles. The lowest BCUT2D eigenvalue weighted by molar-refractivity contribution is -0.132. The molecule has 3 aromatic carbocycles. The number of nitrogens with one attached hydrogen (secondary N) is 2. The highest BCUT2D eigenvalue weighted by molar-refractivity contribution is 6.06. The van der Waals surface area contributed by atoms with Crippen LogP contribution in [-0.2, 0) is 16.0 Å². The summed E-state index contributed by atoms with van der Waals surface area (Å²) in [6.07, 6.45) is 1.11. The van der Waals surface area contributed by atoms with Gasteiger partial charge in [-0.3, -0.25) is 14.5 Å². The van der Waals surface area contributed by atoms with Crippen molar-refractivity contribution >= 4 is 17.8 Å². The summed E-state index contributed by atoms with van der Waals surface area (Å²) in [6, 6.07) is 28.6. The van der Waals surface area contributed by atoms with Gasteiger partial charge in [0.2, 0.25) is 5.91 Å². The first-order valence-electron chi connectivity index (χ1n) is 11.1. The Morgan fingerprint density at radius 1 is 0.848 bits per heavy atom. The van der Waals surface area contributed by atoms with E-state index in [9.17, 15) is 14.4 Å². The maximum absolute atomic E-state index is 12.7. The molecule has 4 rings (SSSR count). The largest absolute Gasteiger partial charge is 0.355 e. The van der Waals surface area contributed by atoms with Gasteiger partial charge in [-0.2, -0.15) is 0 Å². The van der Waals surface area contributed by atoms with E-state index in [1.807, 2.05) is 66.7 Å². The molecule has 0 saturated carbocycles. The van der Waals surface area contributed by atoms with E-state index in [-0.39, 0.29) is 24.3 Å². The second-order valence-corrected chi connectivity index (χ2v) is 8.13. The van der Waals surface area contributed by atoms with Crippen molar-refractivity contribution < 1.29 is 14.4 Å². The van der Waals surface area contributed by atoms with E-state index in [0.29, 0.717) is 19.4 Å². The number of amides is 4. The Balaban J connectivity index is 1.32. The third-order valence-corrected chi connectivity index (χ3v) is 5.85. The molecule has 0 aliphatic carbocycles. The normalized spacial score (nSPS) is 15.5. The summed E-state index contributed by atoms with van der Waals surface area (Å²) in [7, 11) is 0. The first kappa shape index (κ1) is 22.3. The third kappa shape index (κ3) is 5.66. The van der Waals surface area contributed by atoms with Crippen LogP contribution in [0.5, 0.6) is 0 Å². The number of rotatable bonds is 9. The van der Waals surface area contributed by atoms with E-state index in [4.69, 9.17) is 0 Å². The van der Waals surface area contributed by atoms with Crippen molar-refractivity contribution in [2.75, 3.05) is 13.1 Å². The fourth-order valence-corrected chi connectivity index (χ4v) is 4.17. The predicted molar refractivity (Wildman–Crippen MR) is 127 cm³/mol. The fourth-order valence-electron chi connectivity index (χ4n) is 4.17. The second kappa shape index (κ2) is 10.6. The highest BCUT2D eigenvalue weighted by Gasteiger charge is 2.38. The zero-order valence-corrected chi connectivity index (χ0v) is 18.3. The summed E-state index contributed by atoms with van der Waals surface area (Å²) in [5.41, 5.74) is 3.31. The Bertz CT molecular complexity index is 1050. The van der Waals surface area contributed by atoms with Crippen molar-refractivity contribution in [3.8, 4) is 0 Å². The lowest BCUT2D eigenvalue weighted by Crippen LogP contribution is -2.41. The van der Waals surface area contributed by atoms with Crippen LogP contribution in [0.2, 0.25) is 0 Å². The maximum Gasteiger partial charge on any atom is 0.325 e. The molecule has 2 N–H and O–H groups in total. The number of hydrogen-bond donors (Lipinski definition) is 2. The molecular formula is C27H27N3O3. The average Bonchev–Trinajstić information content (AvgIpc) is 3.11. The van der Waals surface area contributed by atoms with Crippen molar-refractivity contribution in [3.05, 3.63) is 108 Å². The van der Waals surface area contributed by atoms with E-state index >= 15 is 0 Å². The highest BCUT2D eigenvalue weighted by atomic mass is 16.2. The van der Waals surface area contributed by atoms with E-state index in [0.717, 1.165) is 10.5 Å². The Hall–Kier alpha value is -3.93. The summed E-state index contributed by atoms with van der Waals surface area (Å²) in [5, 5.41) is 5.55. The van der Waals surface area contributed by atoms with Crippen LogP contribution >= 0.6 is 0 Å². The van der Waals surface area contributed by atoms with Crippen LogP contribution < -0.4 is 10.6 Å². The smallest absolute Gasteiger partial charge is 0.325 e. The van der Waals surface area contributed by atoms with Crippen molar-refractivity contribution in [1.29, 1.82) is 0 Å². The number of carbonyl (C=O) groups excluding carboxylic acids is 3. The van der Waals surface area contributed by atoms with Gasteiger partial charge in [0, 0.05) is 18.9 Å². The fraction of sp³-hybridized carbons (Fsp3) is 0.222. The number of urea groups is 1. The Labute approximate surface area is 193 Å². The number of benzene rings is 3. The molecule has 1 fully saturated rings. The van der Waals surface area contributed by atoms with Gasteiger partial charge in [0.05, 0.1) is 0 Å². The van der Waals surface area contributed by atoms with Crippen LogP contribution in [0.15, 0.2) is 91.0 Å². The van der Waals surface area contributed by atoms with Crippen molar-refractivity contribution in [2.24, 2.45) is 0 Å². The molecule has 1 saturated heterocycles. The van der Waals surface area contributed by atoms with E-state index < -0.39 is 12.1 Å². The van der Waals surface area contributed by atoms with Crippen molar-refractivity contribution in [2.45, 2.75) is 24.8 Å². The quantitative estimate of drug-likeness (QED) is 0.499. The first-order valence-corrected chi connectivity index (χ1v) is 11.1. The second-order valence-electron chi connectivity index (χ2n) is 8.13. The van der Waals surface area contributed by atoms with Crippen LogP contribution in [0.25, 0.3) is 0 Å². The summed E-state index contributed by atoms with van der Waals surface area (Å²) < 4.78 is 0. The lowest BCUT2D eigenvalue weighted by Gasteiger charge is -2.19. The number of imide groups is 1. The Morgan fingerprint density at radius 2 is 1.39 bits per heavy atom. The maximum atomic E-state index is 12.7.